The molecular weight excluding hydrogens is 372 g/mol. The minimum absolute atomic E-state index is 0.224. The molecule has 0 aliphatic carbocycles. The van der Waals surface area contributed by atoms with E-state index < -0.39 is 0 Å². The summed E-state index contributed by atoms with van der Waals surface area (Å²) in [6, 6.07) is 10.4. The lowest BCUT2D eigenvalue weighted by Crippen LogP contribution is -2.42. The average molecular weight is 399 g/mol. The van der Waals surface area contributed by atoms with Crippen LogP contribution in [0.1, 0.15) is 38.3 Å². The Morgan fingerprint density at radius 3 is 2.68 bits per heavy atom. The molecule has 6 heteroatoms. The van der Waals surface area contributed by atoms with Crippen molar-refractivity contribution >= 4 is 34.1 Å². The Morgan fingerprint density at radius 2 is 2.00 bits per heavy atom. The van der Waals surface area contributed by atoms with Crippen LogP contribution in [-0.2, 0) is 20.7 Å². The van der Waals surface area contributed by atoms with Gasteiger partial charge in [-0.15, -0.1) is 11.3 Å². The van der Waals surface area contributed by atoms with Crippen LogP contribution in [0.3, 0.4) is 0 Å². The highest BCUT2D eigenvalue weighted by Crippen LogP contribution is 2.34. The Morgan fingerprint density at radius 1 is 1.21 bits per heavy atom. The van der Waals surface area contributed by atoms with Crippen molar-refractivity contribution in [1.82, 2.24) is 10.3 Å². The van der Waals surface area contributed by atoms with Gasteiger partial charge >= 0.3 is 5.97 Å². The minimum Gasteiger partial charge on any atom is -0.456 e. The first-order valence-electron chi connectivity index (χ1n) is 9.34. The minimum atomic E-state index is -0.372. The van der Waals surface area contributed by atoms with E-state index in [9.17, 15) is 9.59 Å². The number of carbonyl (C=O) groups excluding carboxylic acids is 2. The van der Waals surface area contributed by atoms with Gasteiger partial charge in [0.05, 0.1) is 10.6 Å². The number of esters is 1. The fourth-order valence-corrected chi connectivity index (χ4v) is 3.90. The molecule has 5 nitrogen and oxygen atoms in total. The lowest BCUT2D eigenvalue weighted by molar-refractivity contribution is -0.148. The molecule has 3 aromatic rings. The van der Waals surface area contributed by atoms with Crippen LogP contribution in [0.4, 0.5) is 0 Å². The molecule has 0 radical (unpaired) electrons. The van der Waals surface area contributed by atoms with E-state index in [1.54, 1.807) is 11.3 Å². The van der Waals surface area contributed by atoms with E-state index in [1.807, 2.05) is 32.2 Å². The first-order chi connectivity index (χ1) is 13.2. The molecule has 0 atom stereocenters. The van der Waals surface area contributed by atoms with Crippen molar-refractivity contribution in [1.29, 1.82) is 0 Å². The van der Waals surface area contributed by atoms with Crippen LogP contribution in [0, 0.1) is 6.92 Å². The normalized spacial score (nSPS) is 11.6. The van der Waals surface area contributed by atoms with Crippen LogP contribution in [0.2, 0.25) is 0 Å². The van der Waals surface area contributed by atoms with Gasteiger partial charge in [-0.3, -0.25) is 9.59 Å². The third-order valence-corrected chi connectivity index (χ3v) is 5.17. The van der Waals surface area contributed by atoms with Crippen LogP contribution in [0.5, 0.6) is 0 Å². The zero-order valence-corrected chi connectivity index (χ0v) is 17.5. The van der Waals surface area contributed by atoms with Gasteiger partial charge in [-0.05, 0) is 63.3 Å². The molecule has 0 fully saturated rings. The molecule has 0 unspecified atom stereocenters. The number of carbonyl (C=O) groups is 2. The molecule has 3 rings (SSSR count). The van der Waals surface area contributed by atoms with E-state index in [1.165, 1.54) is 5.56 Å². The topological polar surface area (TPSA) is 71.2 Å². The van der Waals surface area contributed by atoms with Crippen molar-refractivity contribution in [2.75, 3.05) is 6.61 Å². The Hall–Kier alpha value is -2.60. The SMILES string of the molecule is Cc1ccc2[nH]c(-c3cccs3)c(CCC(=O)OCC(=O)NC(C)(C)C)c2c1. The van der Waals surface area contributed by atoms with Gasteiger partial charge < -0.3 is 15.0 Å². The maximum atomic E-state index is 12.2. The fraction of sp³-hybridized carbons (Fsp3) is 0.364. The molecule has 0 aliphatic heterocycles. The summed E-state index contributed by atoms with van der Waals surface area (Å²) < 4.78 is 5.16. The number of H-pyrrole nitrogens is 1. The van der Waals surface area contributed by atoms with Crippen LogP contribution >= 0.6 is 11.3 Å². The lowest BCUT2D eigenvalue weighted by Gasteiger charge is -2.20. The van der Waals surface area contributed by atoms with Crippen LogP contribution in [0.25, 0.3) is 21.5 Å². The monoisotopic (exact) mass is 398 g/mol. The quantitative estimate of drug-likeness (QED) is 0.596. The van der Waals surface area contributed by atoms with Crippen molar-refractivity contribution in [3.63, 3.8) is 0 Å². The van der Waals surface area contributed by atoms with E-state index in [0.29, 0.717) is 6.42 Å². The van der Waals surface area contributed by atoms with Gasteiger partial charge in [-0.2, -0.15) is 0 Å². The van der Waals surface area contributed by atoms with Gasteiger partial charge in [0.2, 0.25) is 0 Å². The van der Waals surface area contributed by atoms with Crippen molar-refractivity contribution < 1.29 is 14.3 Å². The molecule has 1 aromatic carbocycles. The molecule has 28 heavy (non-hydrogen) atoms. The van der Waals surface area contributed by atoms with Gasteiger partial charge in [0.15, 0.2) is 6.61 Å². The number of amides is 1. The Kier molecular flexibility index (Phi) is 5.89. The van der Waals surface area contributed by atoms with Crippen LogP contribution in [0.15, 0.2) is 35.7 Å². The first-order valence-corrected chi connectivity index (χ1v) is 10.2. The largest absolute Gasteiger partial charge is 0.456 e. The molecule has 1 amide bonds. The number of rotatable bonds is 6. The fourth-order valence-electron chi connectivity index (χ4n) is 3.15. The Balaban J connectivity index is 1.71. The number of nitrogens with one attached hydrogen (secondary N) is 2. The van der Waals surface area contributed by atoms with Crippen molar-refractivity contribution in [3.05, 3.63) is 46.8 Å². The number of aryl methyl sites for hydroxylation is 2. The highest BCUT2D eigenvalue weighted by molar-refractivity contribution is 7.13. The molecule has 148 valence electrons. The Bertz CT molecular complexity index is 981. The van der Waals surface area contributed by atoms with Gasteiger partial charge in [-0.25, -0.2) is 0 Å². The van der Waals surface area contributed by atoms with Crippen LogP contribution in [-0.4, -0.2) is 29.0 Å². The smallest absolute Gasteiger partial charge is 0.306 e. The predicted molar refractivity (Wildman–Crippen MR) is 114 cm³/mol. The zero-order chi connectivity index (χ0) is 20.3. The summed E-state index contributed by atoms with van der Waals surface area (Å²) in [5.41, 5.74) is 4.04. The van der Waals surface area contributed by atoms with Crippen LogP contribution < -0.4 is 5.32 Å². The van der Waals surface area contributed by atoms with E-state index >= 15 is 0 Å². The first kappa shape index (κ1) is 20.1. The molecule has 0 spiro atoms. The number of fused-ring (bicyclic) bond motifs is 1. The summed E-state index contributed by atoms with van der Waals surface area (Å²) in [6.07, 6.45) is 0.776. The number of benzene rings is 1. The van der Waals surface area contributed by atoms with Crippen molar-refractivity contribution in [2.24, 2.45) is 0 Å². The zero-order valence-electron chi connectivity index (χ0n) is 16.7. The maximum absolute atomic E-state index is 12.2. The van der Waals surface area contributed by atoms with E-state index in [0.717, 1.165) is 27.0 Å². The van der Waals surface area contributed by atoms with Gasteiger partial charge in [0, 0.05) is 22.9 Å². The highest BCUT2D eigenvalue weighted by Gasteiger charge is 2.18. The molecule has 2 aromatic heterocycles. The molecule has 2 heterocycles. The third-order valence-electron chi connectivity index (χ3n) is 4.29. The molecule has 2 N–H and O–H groups in total. The second kappa shape index (κ2) is 8.19. The van der Waals surface area contributed by atoms with Crippen molar-refractivity contribution in [3.8, 4) is 10.6 Å². The third kappa shape index (κ3) is 5.01. The summed E-state index contributed by atoms with van der Waals surface area (Å²) in [5, 5.41) is 5.95. The summed E-state index contributed by atoms with van der Waals surface area (Å²) in [4.78, 5) is 28.7. The standard InChI is InChI=1S/C22H26N2O3S/c1-14-7-9-17-16(12-14)15(21(23-17)18-6-5-11-28-18)8-10-20(26)27-13-19(25)24-22(2,3)4/h5-7,9,11-12,23H,8,10,13H2,1-4H3,(H,24,25). The Labute approximate surface area is 169 Å². The summed E-state index contributed by atoms with van der Waals surface area (Å²) in [5.74, 6) is -0.661. The number of thiophene rings is 1. The summed E-state index contributed by atoms with van der Waals surface area (Å²) in [7, 11) is 0. The summed E-state index contributed by atoms with van der Waals surface area (Å²) >= 11 is 1.66. The summed E-state index contributed by atoms with van der Waals surface area (Å²) in [6.45, 7) is 7.47. The molecule has 0 aliphatic rings. The average Bonchev–Trinajstić information content (AvgIpc) is 3.24. The lowest BCUT2D eigenvalue weighted by atomic mass is 10.0. The van der Waals surface area contributed by atoms with Gasteiger partial charge in [-0.1, -0.05) is 17.7 Å². The van der Waals surface area contributed by atoms with Gasteiger partial charge in [0.1, 0.15) is 0 Å². The second-order valence-corrected chi connectivity index (χ2v) is 8.91. The predicted octanol–water partition coefficient (Wildman–Crippen LogP) is 4.60. The van der Waals surface area contributed by atoms with Crippen molar-refractivity contribution in [2.45, 2.75) is 46.1 Å². The molecule has 0 saturated heterocycles. The highest BCUT2D eigenvalue weighted by atomic mass is 32.1. The second-order valence-electron chi connectivity index (χ2n) is 7.96. The van der Waals surface area contributed by atoms with E-state index in [2.05, 4.69) is 41.5 Å². The van der Waals surface area contributed by atoms with Gasteiger partial charge in [0.25, 0.3) is 5.91 Å². The number of hydrogen-bond acceptors (Lipinski definition) is 4. The molecule has 0 bridgehead atoms. The van der Waals surface area contributed by atoms with E-state index in [4.69, 9.17) is 4.74 Å². The molecule has 0 saturated carbocycles. The number of aromatic nitrogens is 1. The molecular formula is C22H26N2O3S. The van der Waals surface area contributed by atoms with E-state index in [-0.39, 0.29) is 30.4 Å². The number of ether oxygens (including phenoxy) is 1. The number of hydrogen-bond donors (Lipinski definition) is 2. The maximum Gasteiger partial charge on any atom is 0.306 e. The number of aromatic amines is 1.